The van der Waals surface area contributed by atoms with Crippen LogP contribution in [0, 0.1) is 11.3 Å². The standard InChI is InChI=1S/C27H33N5O5/c1-27(2,3)37-26(35)31-13-14-32-21(16-31)22(24(29)33)20(15-28)23(32)19-9-11-30(12-10-19)25(34)36-17-18-7-5-4-6-8-18/h4-8,19H,9-14,16-17H2,1-3H3,(H2,29,33). The zero-order valence-corrected chi connectivity index (χ0v) is 21.5. The number of nitrogens with zero attached hydrogens (tertiary/aromatic N) is 4. The van der Waals surface area contributed by atoms with Gasteiger partial charge in [-0.05, 0) is 39.2 Å². The largest absolute Gasteiger partial charge is 0.445 e. The van der Waals surface area contributed by atoms with Crippen molar-refractivity contribution in [2.24, 2.45) is 5.73 Å². The number of benzene rings is 1. The Morgan fingerprint density at radius 2 is 1.70 bits per heavy atom. The first-order valence-corrected chi connectivity index (χ1v) is 12.5. The predicted octanol–water partition coefficient (Wildman–Crippen LogP) is 3.73. The third-order valence-corrected chi connectivity index (χ3v) is 6.70. The molecule has 1 aromatic heterocycles. The minimum absolute atomic E-state index is 0.0345. The molecule has 0 radical (unpaired) electrons. The fourth-order valence-corrected chi connectivity index (χ4v) is 5.02. The minimum atomic E-state index is -0.695. The number of likely N-dealkylation sites (tertiary alicyclic amines) is 1. The van der Waals surface area contributed by atoms with Crippen molar-refractivity contribution in [2.45, 2.75) is 64.8 Å². The van der Waals surface area contributed by atoms with E-state index in [4.69, 9.17) is 15.2 Å². The Morgan fingerprint density at radius 3 is 2.30 bits per heavy atom. The van der Waals surface area contributed by atoms with Crippen LogP contribution < -0.4 is 5.73 Å². The van der Waals surface area contributed by atoms with E-state index in [1.165, 1.54) is 4.90 Å². The van der Waals surface area contributed by atoms with Crippen LogP contribution >= 0.6 is 0 Å². The van der Waals surface area contributed by atoms with Crippen LogP contribution in [0.2, 0.25) is 0 Å². The first kappa shape index (κ1) is 26.1. The summed E-state index contributed by atoms with van der Waals surface area (Å²) >= 11 is 0. The quantitative estimate of drug-likeness (QED) is 0.671. The molecule has 0 spiro atoms. The molecule has 2 aliphatic heterocycles. The lowest BCUT2D eigenvalue weighted by Crippen LogP contribution is -2.42. The van der Waals surface area contributed by atoms with Gasteiger partial charge in [-0.2, -0.15) is 5.26 Å². The van der Waals surface area contributed by atoms with Crippen molar-refractivity contribution in [1.82, 2.24) is 14.4 Å². The Kier molecular flexibility index (Phi) is 7.43. The molecule has 1 aromatic carbocycles. The highest BCUT2D eigenvalue weighted by Crippen LogP contribution is 2.37. The molecule has 196 valence electrons. The van der Waals surface area contributed by atoms with Gasteiger partial charge in [0.05, 0.1) is 23.4 Å². The maximum absolute atomic E-state index is 12.7. The SMILES string of the molecule is CC(C)(C)OC(=O)N1CCn2c(c(C(N)=O)c(C#N)c2C2CCN(C(=O)OCc3ccccc3)CC2)C1. The molecule has 0 aliphatic carbocycles. The Bertz CT molecular complexity index is 1220. The Morgan fingerprint density at radius 1 is 1.03 bits per heavy atom. The van der Waals surface area contributed by atoms with Crippen LogP contribution in [0.15, 0.2) is 30.3 Å². The number of primary amides is 1. The van der Waals surface area contributed by atoms with Crippen LogP contribution in [0.25, 0.3) is 0 Å². The number of ether oxygens (including phenoxy) is 2. The van der Waals surface area contributed by atoms with Gasteiger partial charge >= 0.3 is 12.2 Å². The summed E-state index contributed by atoms with van der Waals surface area (Å²) in [6.07, 6.45) is 0.391. The zero-order chi connectivity index (χ0) is 26.7. The number of aromatic nitrogens is 1. The Labute approximate surface area is 216 Å². The zero-order valence-electron chi connectivity index (χ0n) is 21.5. The summed E-state index contributed by atoms with van der Waals surface area (Å²) in [6.45, 7) is 7.47. The van der Waals surface area contributed by atoms with E-state index in [0.29, 0.717) is 44.7 Å². The number of carbonyl (C=O) groups is 3. The third kappa shape index (κ3) is 5.71. The lowest BCUT2D eigenvalue weighted by atomic mass is 9.90. The Balaban J connectivity index is 1.49. The number of fused-ring (bicyclic) bond motifs is 1. The van der Waals surface area contributed by atoms with Gasteiger partial charge in [0.15, 0.2) is 0 Å². The fourth-order valence-electron chi connectivity index (χ4n) is 5.02. The molecular formula is C27H33N5O5. The molecule has 1 saturated heterocycles. The molecule has 0 atom stereocenters. The van der Waals surface area contributed by atoms with Crippen LogP contribution in [0.5, 0.6) is 0 Å². The van der Waals surface area contributed by atoms with Gasteiger partial charge in [0, 0.05) is 37.8 Å². The molecule has 3 amide bonds. The molecule has 37 heavy (non-hydrogen) atoms. The van der Waals surface area contributed by atoms with E-state index in [1.54, 1.807) is 25.7 Å². The number of hydrogen-bond donors (Lipinski definition) is 1. The highest BCUT2D eigenvalue weighted by atomic mass is 16.6. The van der Waals surface area contributed by atoms with Crippen LogP contribution in [-0.2, 0) is 29.2 Å². The summed E-state index contributed by atoms with van der Waals surface area (Å²) in [6, 6.07) is 11.7. The van der Waals surface area contributed by atoms with Crippen molar-refractivity contribution in [3.8, 4) is 6.07 Å². The molecule has 2 aromatic rings. The molecule has 10 nitrogen and oxygen atoms in total. The topological polar surface area (TPSA) is 131 Å². The average molecular weight is 508 g/mol. The number of carbonyl (C=O) groups excluding carboxylic acids is 3. The fraction of sp³-hybridized carbons (Fsp3) is 0.481. The summed E-state index contributed by atoms with van der Waals surface area (Å²) in [5, 5.41) is 10.0. The number of nitriles is 1. The molecule has 3 heterocycles. The van der Waals surface area contributed by atoms with Crippen LogP contribution in [0.4, 0.5) is 9.59 Å². The molecule has 10 heteroatoms. The normalized spacial score (nSPS) is 16.1. The summed E-state index contributed by atoms with van der Waals surface area (Å²) in [7, 11) is 0. The number of hydrogen-bond acceptors (Lipinski definition) is 6. The van der Waals surface area contributed by atoms with Gasteiger partial charge in [-0.15, -0.1) is 0 Å². The van der Waals surface area contributed by atoms with Gasteiger partial charge in [0.1, 0.15) is 18.3 Å². The molecule has 0 bridgehead atoms. The second kappa shape index (κ2) is 10.5. The van der Waals surface area contributed by atoms with E-state index in [-0.39, 0.29) is 36.3 Å². The lowest BCUT2D eigenvalue weighted by Gasteiger charge is -2.35. The second-order valence-corrected chi connectivity index (χ2v) is 10.4. The van der Waals surface area contributed by atoms with Crippen molar-refractivity contribution < 1.29 is 23.9 Å². The van der Waals surface area contributed by atoms with E-state index in [9.17, 15) is 19.6 Å². The van der Waals surface area contributed by atoms with E-state index in [1.807, 2.05) is 34.9 Å². The van der Waals surface area contributed by atoms with Gasteiger partial charge in [-0.1, -0.05) is 30.3 Å². The highest BCUT2D eigenvalue weighted by Gasteiger charge is 2.37. The smallest absolute Gasteiger partial charge is 0.410 e. The van der Waals surface area contributed by atoms with Crippen molar-refractivity contribution in [1.29, 1.82) is 5.26 Å². The summed E-state index contributed by atoms with van der Waals surface area (Å²) in [5.41, 5.74) is 7.72. The van der Waals surface area contributed by atoms with Crippen molar-refractivity contribution in [2.75, 3.05) is 19.6 Å². The van der Waals surface area contributed by atoms with Crippen LogP contribution in [0.1, 0.15) is 72.4 Å². The number of rotatable bonds is 4. The van der Waals surface area contributed by atoms with Crippen LogP contribution in [0.3, 0.4) is 0 Å². The van der Waals surface area contributed by atoms with Gasteiger partial charge < -0.3 is 29.6 Å². The summed E-state index contributed by atoms with van der Waals surface area (Å²) < 4.78 is 12.9. The Hall–Kier alpha value is -4.00. The molecule has 2 aliphatic rings. The van der Waals surface area contributed by atoms with E-state index < -0.39 is 17.6 Å². The summed E-state index contributed by atoms with van der Waals surface area (Å²) in [5.74, 6) is -0.729. The second-order valence-electron chi connectivity index (χ2n) is 10.4. The molecule has 4 rings (SSSR count). The maximum atomic E-state index is 12.7. The molecule has 1 fully saturated rings. The third-order valence-electron chi connectivity index (χ3n) is 6.70. The van der Waals surface area contributed by atoms with E-state index >= 15 is 0 Å². The molecule has 0 unspecified atom stereocenters. The van der Waals surface area contributed by atoms with Crippen molar-refractivity contribution in [3.05, 3.63) is 58.4 Å². The molecule has 2 N–H and O–H groups in total. The lowest BCUT2D eigenvalue weighted by molar-refractivity contribution is 0.0196. The predicted molar refractivity (Wildman–Crippen MR) is 134 cm³/mol. The number of amides is 3. The van der Waals surface area contributed by atoms with Crippen molar-refractivity contribution >= 4 is 18.1 Å². The maximum Gasteiger partial charge on any atom is 0.410 e. The van der Waals surface area contributed by atoms with Crippen LogP contribution in [-0.4, -0.2) is 57.7 Å². The van der Waals surface area contributed by atoms with E-state index in [0.717, 1.165) is 11.3 Å². The van der Waals surface area contributed by atoms with Gasteiger partial charge in [0.2, 0.25) is 0 Å². The monoisotopic (exact) mass is 507 g/mol. The first-order valence-electron chi connectivity index (χ1n) is 12.5. The van der Waals surface area contributed by atoms with Gasteiger partial charge in [0.25, 0.3) is 5.91 Å². The highest BCUT2D eigenvalue weighted by molar-refractivity contribution is 5.97. The average Bonchev–Trinajstić information content (AvgIpc) is 3.21. The molecular weight excluding hydrogens is 474 g/mol. The first-order chi connectivity index (χ1) is 17.6. The van der Waals surface area contributed by atoms with Gasteiger partial charge in [-0.3, -0.25) is 4.79 Å². The van der Waals surface area contributed by atoms with Crippen molar-refractivity contribution in [3.63, 3.8) is 0 Å². The number of piperidine rings is 1. The van der Waals surface area contributed by atoms with Gasteiger partial charge in [-0.25, -0.2) is 9.59 Å². The molecule has 0 saturated carbocycles. The minimum Gasteiger partial charge on any atom is -0.445 e. The number of nitrogens with two attached hydrogens (primary N) is 1. The van der Waals surface area contributed by atoms with E-state index in [2.05, 4.69) is 6.07 Å². The summed E-state index contributed by atoms with van der Waals surface area (Å²) in [4.78, 5) is 40.9.